The zero-order valence-electron chi connectivity index (χ0n) is 14.9. The number of nitrogens with zero attached hydrogens (tertiary/aromatic N) is 3. The maximum absolute atomic E-state index is 12.6. The van der Waals surface area contributed by atoms with Gasteiger partial charge in [-0.1, -0.05) is 30.3 Å². The van der Waals surface area contributed by atoms with E-state index in [1.54, 1.807) is 24.3 Å². The molecule has 0 saturated carbocycles. The second kappa shape index (κ2) is 8.77. The molecule has 1 aromatic carbocycles. The van der Waals surface area contributed by atoms with Crippen molar-refractivity contribution in [2.24, 2.45) is 5.92 Å². The molecule has 8 heteroatoms. The molecule has 1 N–H and O–H groups in total. The molecule has 1 amide bonds. The lowest BCUT2D eigenvalue weighted by atomic mass is 9.99. The van der Waals surface area contributed by atoms with E-state index in [-0.39, 0.29) is 17.8 Å². The van der Waals surface area contributed by atoms with Gasteiger partial charge in [0.15, 0.2) is 5.82 Å². The minimum Gasteiger partial charge on any atom is -0.486 e. The van der Waals surface area contributed by atoms with Gasteiger partial charge in [0, 0.05) is 18.1 Å². The van der Waals surface area contributed by atoms with Crippen LogP contribution in [0.15, 0.2) is 29.4 Å². The van der Waals surface area contributed by atoms with Crippen LogP contribution in [0.5, 0.6) is 5.75 Å². The van der Waals surface area contributed by atoms with Gasteiger partial charge in [-0.15, -0.1) is 5.10 Å². The lowest BCUT2D eigenvalue weighted by Gasteiger charge is -2.31. The summed E-state index contributed by atoms with van der Waals surface area (Å²) in [5.74, 6) is 2.20. The first-order valence-electron chi connectivity index (χ1n) is 8.76. The smallest absolute Gasteiger partial charge is 0.235 e. The van der Waals surface area contributed by atoms with E-state index < -0.39 is 0 Å². The molecule has 1 aliphatic rings. The normalized spacial score (nSPS) is 16.5. The lowest BCUT2D eigenvalue weighted by molar-refractivity contribution is -0.131. The zero-order chi connectivity index (χ0) is 18.5. The maximum atomic E-state index is 12.6. The summed E-state index contributed by atoms with van der Waals surface area (Å²) in [7, 11) is 0. The van der Waals surface area contributed by atoms with Gasteiger partial charge in [-0.3, -0.25) is 9.89 Å². The van der Waals surface area contributed by atoms with Crippen molar-refractivity contribution in [2.45, 2.75) is 43.7 Å². The number of benzene rings is 1. The Labute approximate surface area is 162 Å². The minimum absolute atomic E-state index is 0.158. The van der Waals surface area contributed by atoms with Crippen LogP contribution >= 0.6 is 23.4 Å². The summed E-state index contributed by atoms with van der Waals surface area (Å²) in [5, 5.41) is 8.06. The topological polar surface area (TPSA) is 71.1 Å². The highest BCUT2D eigenvalue weighted by Crippen LogP contribution is 2.24. The molecule has 0 aliphatic carbocycles. The fourth-order valence-corrected chi connectivity index (χ4v) is 3.73. The molecule has 0 radical (unpaired) electrons. The monoisotopic (exact) mass is 394 g/mol. The van der Waals surface area contributed by atoms with Crippen LogP contribution in [0.4, 0.5) is 0 Å². The van der Waals surface area contributed by atoms with Crippen molar-refractivity contribution in [3.63, 3.8) is 0 Å². The van der Waals surface area contributed by atoms with Crippen molar-refractivity contribution in [1.29, 1.82) is 0 Å². The number of carbonyl (C=O) groups is 1. The summed E-state index contributed by atoms with van der Waals surface area (Å²) in [6.07, 6.45) is 2.16. The van der Waals surface area contributed by atoms with Crippen LogP contribution in [0.3, 0.4) is 0 Å². The molecule has 0 spiro atoms. The van der Waals surface area contributed by atoms with Gasteiger partial charge >= 0.3 is 0 Å². The number of likely N-dealkylation sites (tertiary alicyclic amines) is 1. The number of piperidine rings is 1. The molecule has 1 unspecified atom stereocenters. The molecular weight excluding hydrogens is 372 g/mol. The fourth-order valence-electron chi connectivity index (χ4n) is 2.77. The number of H-pyrrole nitrogens is 1. The van der Waals surface area contributed by atoms with E-state index >= 15 is 0 Å². The van der Waals surface area contributed by atoms with Gasteiger partial charge in [0.2, 0.25) is 11.1 Å². The maximum Gasteiger partial charge on any atom is 0.235 e. The number of ether oxygens (including phenoxy) is 1. The van der Waals surface area contributed by atoms with Gasteiger partial charge < -0.3 is 9.64 Å². The van der Waals surface area contributed by atoms with E-state index in [0.29, 0.717) is 27.7 Å². The quantitative estimate of drug-likeness (QED) is 0.755. The summed E-state index contributed by atoms with van der Waals surface area (Å²) in [6, 6.07) is 7.14. The van der Waals surface area contributed by atoms with E-state index in [1.807, 2.05) is 11.8 Å². The van der Waals surface area contributed by atoms with Gasteiger partial charge in [0.1, 0.15) is 12.4 Å². The number of thioether (sulfide) groups is 1. The van der Waals surface area contributed by atoms with Crippen molar-refractivity contribution in [3.05, 3.63) is 35.1 Å². The van der Waals surface area contributed by atoms with Crippen molar-refractivity contribution < 1.29 is 9.53 Å². The van der Waals surface area contributed by atoms with Crippen LogP contribution < -0.4 is 4.74 Å². The van der Waals surface area contributed by atoms with E-state index in [4.69, 9.17) is 16.3 Å². The lowest BCUT2D eigenvalue weighted by Crippen LogP contribution is -2.41. The third-order valence-corrected chi connectivity index (χ3v) is 5.63. The standard InChI is InChI=1S/C18H23ClN4O2S/c1-12-7-9-23(10-8-12)17(24)13(2)26-18-20-16(21-22-18)11-25-15-5-3-14(19)4-6-15/h3-6,12-13H,7-11H2,1-2H3,(H,20,21,22). The van der Waals surface area contributed by atoms with Gasteiger partial charge in [0.05, 0.1) is 5.25 Å². The molecule has 26 heavy (non-hydrogen) atoms. The Morgan fingerprint density at radius 3 is 2.77 bits per heavy atom. The average Bonchev–Trinajstić information content (AvgIpc) is 3.08. The highest BCUT2D eigenvalue weighted by molar-refractivity contribution is 8.00. The van der Waals surface area contributed by atoms with Gasteiger partial charge in [-0.2, -0.15) is 0 Å². The molecule has 1 atom stereocenters. The second-order valence-electron chi connectivity index (χ2n) is 6.58. The SMILES string of the molecule is CC1CCN(C(=O)C(C)Sc2n[nH]c(COc3ccc(Cl)cc3)n2)CC1. The molecule has 1 aromatic heterocycles. The third-order valence-electron chi connectivity index (χ3n) is 4.43. The number of amides is 1. The van der Waals surface area contributed by atoms with Crippen LogP contribution in [-0.4, -0.2) is 44.3 Å². The molecule has 0 bridgehead atoms. The minimum atomic E-state index is -0.204. The van der Waals surface area contributed by atoms with Crippen molar-refractivity contribution >= 4 is 29.3 Å². The number of hydrogen-bond donors (Lipinski definition) is 1. The Morgan fingerprint density at radius 2 is 2.08 bits per heavy atom. The summed E-state index contributed by atoms with van der Waals surface area (Å²) in [4.78, 5) is 18.9. The Morgan fingerprint density at radius 1 is 1.38 bits per heavy atom. The Balaban J connectivity index is 1.49. The fraction of sp³-hybridized carbons (Fsp3) is 0.500. The zero-order valence-corrected chi connectivity index (χ0v) is 16.5. The molecule has 140 valence electrons. The van der Waals surface area contributed by atoms with Crippen molar-refractivity contribution in [1.82, 2.24) is 20.1 Å². The van der Waals surface area contributed by atoms with Crippen LogP contribution in [0.25, 0.3) is 0 Å². The highest BCUT2D eigenvalue weighted by atomic mass is 35.5. The number of rotatable bonds is 6. The molecule has 1 saturated heterocycles. The van der Waals surface area contributed by atoms with Crippen LogP contribution in [0.2, 0.25) is 5.02 Å². The number of halogens is 1. The third kappa shape index (κ3) is 5.14. The summed E-state index contributed by atoms with van der Waals surface area (Å²) in [6.45, 7) is 6.12. The molecule has 3 rings (SSSR count). The first-order chi connectivity index (χ1) is 12.5. The predicted octanol–water partition coefficient (Wildman–Crippen LogP) is 3.78. The van der Waals surface area contributed by atoms with Crippen LogP contribution in [0.1, 0.15) is 32.5 Å². The molecule has 1 fully saturated rings. The number of nitrogens with one attached hydrogen (secondary N) is 1. The summed E-state index contributed by atoms with van der Waals surface area (Å²) in [5.41, 5.74) is 0. The summed E-state index contributed by atoms with van der Waals surface area (Å²) < 4.78 is 5.64. The first-order valence-corrected chi connectivity index (χ1v) is 10.0. The Hall–Kier alpha value is -1.73. The molecule has 2 aromatic rings. The molecular formula is C18H23ClN4O2S. The van der Waals surface area contributed by atoms with Crippen LogP contribution in [-0.2, 0) is 11.4 Å². The number of hydrogen-bond acceptors (Lipinski definition) is 5. The molecule has 2 heterocycles. The van der Waals surface area contributed by atoms with Crippen LogP contribution in [0, 0.1) is 5.92 Å². The van der Waals surface area contributed by atoms with E-state index in [0.717, 1.165) is 25.9 Å². The van der Waals surface area contributed by atoms with Crippen molar-refractivity contribution in [2.75, 3.05) is 13.1 Å². The Bertz CT molecular complexity index is 729. The molecule has 6 nitrogen and oxygen atoms in total. The largest absolute Gasteiger partial charge is 0.486 e. The van der Waals surface area contributed by atoms with Gasteiger partial charge in [0.25, 0.3) is 0 Å². The van der Waals surface area contributed by atoms with E-state index in [2.05, 4.69) is 22.1 Å². The van der Waals surface area contributed by atoms with Crippen molar-refractivity contribution in [3.8, 4) is 5.75 Å². The summed E-state index contributed by atoms with van der Waals surface area (Å²) >= 11 is 7.22. The van der Waals surface area contributed by atoms with E-state index in [9.17, 15) is 4.79 Å². The Kier molecular flexibility index (Phi) is 6.43. The number of aromatic nitrogens is 3. The first kappa shape index (κ1) is 19.0. The highest BCUT2D eigenvalue weighted by Gasteiger charge is 2.26. The average molecular weight is 395 g/mol. The number of carbonyl (C=O) groups excluding carboxylic acids is 1. The van der Waals surface area contributed by atoms with E-state index in [1.165, 1.54) is 11.8 Å². The second-order valence-corrected chi connectivity index (χ2v) is 8.32. The predicted molar refractivity (Wildman–Crippen MR) is 102 cm³/mol. The van der Waals surface area contributed by atoms with Gasteiger partial charge in [-0.05, 0) is 49.9 Å². The van der Waals surface area contributed by atoms with Gasteiger partial charge in [-0.25, -0.2) is 4.98 Å². The number of aromatic amines is 1. The molecule has 1 aliphatic heterocycles.